The Labute approximate surface area is 220 Å². The third kappa shape index (κ3) is 3.41. The lowest BCUT2D eigenvalue weighted by Crippen LogP contribution is -2.21. The number of benzene rings is 6. The zero-order valence-electron chi connectivity index (χ0n) is 20.3. The standard InChI is InChI=1S/C32H20B2O4/c1-2-6-28-27(5-1)35-33(36-28)19-17-21-9-11-23-14-16-26-22(10-12-24-13-15-25(21)31(23)32(24)26)18-20-34-37-29-7-3-4-8-30(29)38-34/h1-20H/b19-17+,20-18+. The number of rotatable bonds is 4. The van der Waals surface area contributed by atoms with Gasteiger partial charge in [-0.05, 0) is 79.7 Å². The average Bonchev–Trinajstić information content (AvgIpc) is 3.57. The van der Waals surface area contributed by atoms with Crippen molar-refractivity contribution in [3.05, 3.63) is 120 Å². The Morgan fingerprint density at radius 1 is 0.421 bits per heavy atom. The van der Waals surface area contributed by atoms with Crippen LogP contribution in [0.25, 0.3) is 44.5 Å². The van der Waals surface area contributed by atoms with Crippen molar-refractivity contribution in [3.8, 4) is 23.0 Å². The van der Waals surface area contributed by atoms with E-state index in [0.717, 1.165) is 34.1 Å². The van der Waals surface area contributed by atoms with Crippen molar-refractivity contribution in [2.75, 3.05) is 0 Å². The summed E-state index contributed by atoms with van der Waals surface area (Å²) in [6.07, 6.45) is 4.19. The molecule has 38 heavy (non-hydrogen) atoms. The molecule has 0 spiro atoms. The summed E-state index contributed by atoms with van der Waals surface area (Å²) in [6, 6.07) is 33.0. The highest BCUT2D eigenvalue weighted by molar-refractivity contribution is 6.55. The zero-order chi connectivity index (χ0) is 25.1. The summed E-state index contributed by atoms with van der Waals surface area (Å²) in [5.74, 6) is 7.04. The summed E-state index contributed by atoms with van der Waals surface area (Å²) < 4.78 is 23.7. The first-order valence-electron chi connectivity index (χ1n) is 12.7. The van der Waals surface area contributed by atoms with Crippen LogP contribution in [-0.2, 0) is 0 Å². The first-order valence-corrected chi connectivity index (χ1v) is 12.7. The van der Waals surface area contributed by atoms with Gasteiger partial charge in [-0.2, -0.15) is 0 Å². The van der Waals surface area contributed by atoms with Crippen molar-refractivity contribution in [1.29, 1.82) is 0 Å². The maximum absolute atomic E-state index is 5.92. The average molecular weight is 490 g/mol. The molecule has 6 heteroatoms. The molecule has 2 aliphatic rings. The van der Waals surface area contributed by atoms with Gasteiger partial charge in [-0.1, -0.05) is 84.9 Å². The summed E-state index contributed by atoms with van der Waals surface area (Å²) in [4.78, 5) is 0. The Kier molecular flexibility index (Phi) is 4.68. The highest BCUT2D eigenvalue weighted by atomic mass is 16.6. The van der Waals surface area contributed by atoms with Crippen LogP contribution < -0.4 is 18.6 Å². The third-order valence-electron chi connectivity index (χ3n) is 7.27. The SMILES string of the molecule is C(=C\c1ccc2ccc3c(/C=C/B4Oc5ccccc5O4)ccc4ccc1c2c43)/B1Oc2ccccc2O1. The van der Waals surface area contributed by atoms with Crippen LogP contribution in [0.15, 0.2) is 109 Å². The lowest BCUT2D eigenvalue weighted by molar-refractivity contribution is 0.517. The van der Waals surface area contributed by atoms with E-state index in [1.807, 2.05) is 60.5 Å². The van der Waals surface area contributed by atoms with Gasteiger partial charge >= 0.3 is 14.2 Å². The second-order valence-corrected chi connectivity index (χ2v) is 9.55. The molecule has 2 aliphatic heterocycles. The maximum atomic E-state index is 5.92. The molecule has 6 aromatic carbocycles. The summed E-state index contributed by atoms with van der Waals surface area (Å²) >= 11 is 0. The van der Waals surface area contributed by atoms with Gasteiger partial charge in [0.25, 0.3) is 0 Å². The van der Waals surface area contributed by atoms with Gasteiger partial charge in [0.15, 0.2) is 0 Å². The molecule has 8 rings (SSSR count). The number of hydrogen-bond acceptors (Lipinski definition) is 4. The first kappa shape index (κ1) is 21.3. The van der Waals surface area contributed by atoms with E-state index in [4.69, 9.17) is 18.6 Å². The fraction of sp³-hybridized carbons (Fsp3) is 0. The van der Waals surface area contributed by atoms with E-state index < -0.39 is 14.2 Å². The van der Waals surface area contributed by atoms with Crippen molar-refractivity contribution in [3.63, 3.8) is 0 Å². The Balaban J connectivity index is 1.16. The maximum Gasteiger partial charge on any atom is 0.625 e. The Morgan fingerprint density at radius 3 is 1.18 bits per heavy atom. The fourth-order valence-electron chi connectivity index (χ4n) is 5.50. The van der Waals surface area contributed by atoms with Gasteiger partial charge in [0.2, 0.25) is 0 Å². The van der Waals surface area contributed by atoms with Crippen LogP contribution in [0.4, 0.5) is 0 Å². The summed E-state index contributed by atoms with van der Waals surface area (Å²) in [5.41, 5.74) is 2.25. The molecule has 0 saturated heterocycles. The van der Waals surface area contributed by atoms with E-state index in [1.165, 1.54) is 32.3 Å². The zero-order valence-corrected chi connectivity index (χ0v) is 20.3. The van der Waals surface area contributed by atoms with E-state index in [0.29, 0.717) is 0 Å². The quantitative estimate of drug-likeness (QED) is 0.188. The lowest BCUT2D eigenvalue weighted by Gasteiger charge is -2.14. The minimum Gasteiger partial charge on any atom is -0.520 e. The predicted octanol–water partition coefficient (Wildman–Crippen LogP) is 7.61. The molecule has 0 amide bonds. The van der Waals surface area contributed by atoms with Gasteiger partial charge in [0, 0.05) is 0 Å². The molecule has 0 fully saturated rings. The van der Waals surface area contributed by atoms with E-state index in [2.05, 4.69) is 60.7 Å². The second kappa shape index (κ2) is 8.35. The van der Waals surface area contributed by atoms with Crippen LogP contribution in [0.1, 0.15) is 11.1 Å². The molecule has 6 aromatic rings. The molecule has 0 saturated carbocycles. The van der Waals surface area contributed by atoms with E-state index in [-0.39, 0.29) is 0 Å². The van der Waals surface area contributed by atoms with Gasteiger partial charge in [0.05, 0.1) is 0 Å². The fourth-order valence-corrected chi connectivity index (χ4v) is 5.50. The van der Waals surface area contributed by atoms with Crippen LogP contribution in [0.3, 0.4) is 0 Å². The molecule has 0 aliphatic carbocycles. The largest absolute Gasteiger partial charge is 0.625 e. The summed E-state index contributed by atoms with van der Waals surface area (Å²) in [6.45, 7) is 0. The summed E-state index contributed by atoms with van der Waals surface area (Å²) in [5, 5.41) is 7.35. The van der Waals surface area contributed by atoms with Crippen LogP contribution in [0.5, 0.6) is 23.0 Å². The Morgan fingerprint density at radius 2 is 0.789 bits per heavy atom. The Bertz CT molecular complexity index is 1720. The third-order valence-corrected chi connectivity index (χ3v) is 7.27. The molecule has 0 unspecified atom stereocenters. The topological polar surface area (TPSA) is 36.9 Å². The van der Waals surface area contributed by atoms with Crippen molar-refractivity contribution >= 4 is 58.7 Å². The van der Waals surface area contributed by atoms with Gasteiger partial charge in [-0.25, -0.2) is 0 Å². The molecular weight excluding hydrogens is 470 g/mol. The molecule has 0 radical (unpaired) electrons. The number of hydrogen-bond donors (Lipinski definition) is 0. The van der Waals surface area contributed by atoms with Crippen molar-refractivity contribution < 1.29 is 18.6 Å². The number of fused-ring (bicyclic) bond motifs is 2. The van der Waals surface area contributed by atoms with Gasteiger partial charge in [-0.15, -0.1) is 0 Å². The van der Waals surface area contributed by atoms with Gasteiger partial charge < -0.3 is 18.6 Å². The van der Waals surface area contributed by atoms with Gasteiger partial charge in [-0.3, -0.25) is 0 Å². The molecule has 0 N–H and O–H groups in total. The van der Waals surface area contributed by atoms with Crippen LogP contribution >= 0.6 is 0 Å². The normalized spacial score (nSPS) is 14.3. The van der Waals surface area contributed by atoms with Crippen molar-refractivity contribution in [2.45, 2.75) is 0 Å². The minimum atomic E-state index is -0.436. The van der Waals surface area contributed by atoms with E-state index in [1.54, 1.807) is 0 Å². The predicted molar refractivity (Wildman–Crippen MR) is 155 cm³/mol. The smallest absolute Gasteiger partial charge is 0.520 e. The molecule has 4 nitrogen and oxygen atoms in total. The number of para-hydroxylation sites is 4. The minimum absolute atomic E-state index is 0.436. The van der Waals surface area contributed by atoms with Crippen LogP contribution in [-0.4, -0.2) is 14.2 Å². The van der Waals surface area contributed by atoms with E-state index in [9.17, 15) is 0 Å². The second-order valence-electron chi connectivity index (χ2n) is 9.55. The molecule has 0 aromatic heterocycles. The monoisotopic (exact) mass is 490 g/mol. The molecular formula is C32H20B2O4. The lowest BCUT2D eigenvalue weighted by atomic mass is 9.85. The molecule has 0 bridgehead atoms. The molecule has 2 heterocycles. The molecule has 0 atom stereocenters. The van der Waals surface area contributed by atoms with Gasteiger partial charge in [0.1, 0.15) is 23.0 Å². The van der Waals surface area contributed by atoms with Crippen molar-refractivity contribution in [1.82, 2.24) is 0 Å². The van der Waals surface area contributed by atoms with E-state index >= 15 is 0 Å². The van der Waals surface area contributed by atoms with Crippen LogP contribution in [0.2, 0.25) is 0 Å². The molecule has 178 valence electrons. The first-order chi connectivity index (χ1) is 18.8. The van der Waals surface area contributed by atoms with Crippen LogP contribution in [0, 0.1) is 0 Å². The highest BCUT2D eigenvalue weighted by Gasteiger charge is 2.29. The highest BCUT2D eigenvalue weighted by Crippen LogP contribution is 2.39. The van der Waals surface area contributed by atoms with Crippen molar-refractivity contribution in [2.24, 2.45) is 0 Å². The Hall–Kier alpha value is -4.83. The summed E-state index contributed by atoms with van der Waals surface area (Å²) in [7, 11) is -0.873.